The quantitative estimate of drug-likeness (QED) is 0.867. The van der Waals surface area contributed by atoms with E-state index in [2.05, 4.69) is 12.2 Å². The molecule has 1 aromatic heterocycles. The molecule has 1 fully saturated rings. The van der Waals surface area contributed by atoms with E-state index in [1.807, 2.05) is 23.8 Å². The summed E-state index contributed by atoms with van der Waals surface area (Å²) >= 11 is 0. The molecular weight excluding hydrogens is 224 g/mol. The average Bonchev–Trinajstić information content (AvgIpc) is 2.76. The summed E-state index contributed by atoms with van der Waals surface area (Å²) in [6.45, 7) is 6.03. The van der Waals surface area contributed by atoms with Gasteiger partial charge in [0, 0.05) is 24.8 Å². The smallest absolute Gasteiger partial charge is 0.250 e. The minimum absolute atomic E-state index is 0.132. The molecule has 0 aliphatic heterocycles. The van der Waals surface area contributed by atoms with Crippen LogP contribution in [0.2, 0.25) is 0 Å². The molecule has 18 heavy (non-hydrogen) atoms. The number of hydrogen-bond donors (Lipinski definition) is 1. The van der Waals surface area contributed by atoms with Crippen LogP contribution in [0.3, 0.4) is 0 Å². The summed E-state index contributed by atoms with van der Waals surface area (Å²) in [7, 11) is 0. The molecule has 0 aromatic carbocycles. The molecule has 0 saturated heterocycles. The van der Waals surface area contributed by atoms with Crippen molar-refractivity contribution in [1.29, 1.82) is 0 Å². The highest BCUT2D eigenvalue weighted by Gasteiger charge is 2.25. The standard InChI is InChI=1S/C15H24N2O/c1-3-16-14-6-4-5-13(14)8-10-17-9-7-12(2)11-15(17)18/h7,9,11,13-14,16H,3-6,8,10H2,1-2H3. The van der Waals surface area contributed by atoms with E-state index in [-0.39, 0.29) is 5.56 Å². The molecule has 0 bridgehead atoms. The Hall–Kier alpha value is -1.09. The molecule has 1 N–H and O–H groups in total. The molecule has 1 aliphatic carbocycles. The van der Waals surface area contributed by atoms with E-state index in [4.69, 9.17) is 0 Å². The Balaban J connectivity index is 1.92. The van der Waals surface area contributed by atoms with Crippen molar-refractivity contribution >= 4 is 0 Å². The van der Waals surface area contributed by atoms with Crippen LogP contribution in [0.5, 0.6) is 0 Å². The average molecular weight is 248 g/mol. The fourth-order valence-corrected chi connectivity index (χ4v) is 3.01. The van der Waals surface area contributed by atoms with Gasteiger partial charge in [0.15, 0.2) is 0 Å². The lowest BCUT2D eigenvalue weighted by Gasteiger charge is -2.20. The molecular formula is C15H24N2O. The molecule has 1 aromatic rings. The van der Waals surface area contributed by atoms with Crippen LogP contribution in [0.1, 0.15) is 38.2 Å². The maximum atomic E-state index is 11.8. The summed E-state index contributed by atoms with van der Waals surface area (Å²) < 4.78 is 1.84. The molecule has 3 nitrogen and oxygen atoms in total. The lowest BCUT2D eigenvalue weighted by atomic mass is 9.99. The van der Waals surface area contributed by atoms with Gasteiger partial charge in [-0.25, -0.2) is 0 Å². The second-order valence-electron chi connectivity index (χ2n) is 5.38. The minimum Gasteiger partial charge on any atom is -0.316 e. The van der Waals surface area contributed by atoms with E-state index in [0.29, 0.717) is 6.04 Å². The molecule has 2 atom stereocenters. The van der Waals surface area contributed by atoms with Crippen LogP contribution < -0.4 is 10.9 Å². The Morgan fingerprint density at radius 3 is 3.00 bits per heavy atom. The lowest BCUT2D eigenvalue weighted by Crippen LogP contribution is -2.33. The summed E-state index contributed by atoms with van der Waals surface area (Å²) in [5.74, 6) is 0.734. The molecule has 100 valence electrons. The van der Waals surface area contributed by atoms with Crippen molar-refractivity contribution in [1.82, 2.24) is 9.88 Å². The van der Waals surface area contributed by atoms with Crippen molar-refractivity contribution in [3.05, 3.63) is 34.2 Å². The summed E-state index contributed by atoms with van der Waals surface area (Å²) in [6, 6.07) is 4.39. The van der Waals surface area contributed by atoms with Gasteiger partial charge in [0.05, 0.1) is 0 Å². The Morgan fingerprint density at radius 2 is 2.28 bits per heavy atom. The molecule has 3 heteroatoms. The fourth-order valence-electron chi connectivity index (χ4n) is 3.01. The van der Waals surface area contributed by atoms with Gasteiger partial charge in [-0.05, 0) is 50.3 Å². The van der Waals surface area contributed by atoms with E-state index in [1.165, 1.54) is 19.3 Å². The van der Waals surface area contributed by atoms with E-state index in [0.717, 1.165) is 31.0 Å². The van der Waals surface area contributed by atoms with Gasteiger partial charge in [-0.3, -0.25) is 4.79 Å². The highest BCUT2D eigenvalue weighted by Crippen LogP contribution is 2.28. The van der Waals surface area contributed by atoms with Crippen LogP contribution in [-0.2, 0) is 6.54 Å². The normalized spacial score (nSPS) is 23.4. The van der Waals surface area contributed by atoms with E-state index < -0.39 is 0 Å². The first-order chi connectivity index (χ1) is 8.70. The Bertz CT molecular complexity index is 438. The first-order valence-corrected chi connectivity index (χ1v) is 7.11. The van der Waals surface area contributed by atoms with Gasteiger partial charge in [0.1, 0.15) is 0 Å². The number of rotatable bonds is 5. The molecule has 2 rings (SSSR count). The topological polar surface area (TPSA) is 34.0 Å². The Labute approximate surface area is 109 Å². The van der Waals surface area contributed by atoms with Gasteiger partial charge in [-0.1, -0.05) is 13.3 Å². The second-order valence-corrected chi connectivity index (χ2v) is 5.38. The van der Waals surface area contributed by atoms with Gasteiger partial charge >= 0.3 is 0 Å². The predicted octanol–water partition coefficient (Wildman–Crippen LogP) is 2.33. The Morgan fingerprint density at radius 1 is 1.44 bits per heavy atom. The van der Waals surface area contributed by atoms with Gasteiger partial charge in [-0.15, -0.1) is 0 Å². The van der Waals surface area contributed by atoms with Crippen molar-refractivity contribution in [3.63, 3.8) is 0 Å². The van der Waals surface area contributed by atoms with Gasteiger partial charge in [-0.2, -0.15) is 0 Å². The number of aromatic nitrogens is 1. The third-order valence-electron chi connectivity index (χ3n) is 4.02. The van der Waals surface area contributed by atoms with Crippen LogP contribution in [-0.4, -0.2) is 17.2 Å². The highest BCUT2D eigenvalue weighted by molar-refractivity contribution is 5.08. The molecule has 1 aliphatic rings. The molecule has 1 saturated carbocycles. The van der Waals surface area contributed by atoms with Crippen molar-refractivity contribution in [2.45, 2.75) is 52.1 Å². The van der Waals surface area contributed by atoms with Crippen molar-refractivity contribution in [2.75, 3.05) is 6.54 Å². The van der Waals surface area contributed by atoms with Crippen LogP contribution in [0.4, 0.5) is 0 Å². The SMILES string of the molecule is CCNC1CCCC1CCn1ccc(C)cc1=O. The van der Waals surface area contributed by atoms with Gasteiger partial charge in [0.25, 0.3) is 5.56 Å². The summed E-state index contributed by atoms with van der Waals surface area (Å²) in [6.07, 6.45) is 6.96. The number of nitrogens with one attached hydrogen (secondary N) is 1. The van der Waals surface area contributed by atoms with Crippen molar-refractivity contribution in [2.24, 2.45) is 5.92 Å². The van der Waals surface area contributed by atoms with E-state index >= 15 is 0 Å². The maximum absolute atomic E-state index is 11.8. The summed E-state index contributed by atoms with van der Waals surface area (Å²) in [4.78, 5) is 11.8. The van der Waals surface area contributed by atoms with E-state index in [1.54, 1.807) is 6.07 Å². The number of pyridine rings is 1. The van der Waals surface area contributed by atoms with Crippen LogP contribution >= 0.6 is 0 Å². The molecule has 0 spiro atoms. The van der Waals surface area contributed by atoms with Crippen molar-refractivity contribution in [3.8, 4) is 0 Å². The maximum Gasteiger partial charge on any atom is 0.250 e. The molecule has 2 unspecified atom stereocenters. The number of aryl methyl sites for hydroxylation is 2. The fraction of sp³-hybridized carbons (Fsp3) is 0.667. The van der Waals surface area contributed by atoms with E-state index in [9.17, 15) is 4.79 Å². The predicted molar refractivity (Wildman–Crippen MR) is 74.9 cm³/mol. The zero-order valence-electron chi connectivity index (χ0n) is 11.5. The van der Waals surface area contributed by atoms with Gasteiger partial charge < -0.3 is 9.88 Å². The number of nitrogens with zero attached hydrogens (tertiary/aromatic N) is 1. The highest BCUT2D eigenvalue weighted by atomic mass is 16.1. The lowest BCUT2D eigenvalue weighted by molar-refractivity contribution is 0.364. The largest absolute Gasteiger partial charge is 0.316 e. The van der Waals surface area contributed by atoms with Crippen molar-refractivity contribution < 1.29 is 0 Å². The third-order valence-corrected chi connectivity index (χ3v) is 4.02. The minimum atomic E-state index is 0.132. The van der Waals surface area contributed by atoms with Gasteiger partial charge in [0.2, 0.25) is 0 Å². The zero-order chi connectivity index (χ0) is 13.0. The van der Waals surface area contributed by atoms with Crippen LogP contribution in [0.15, 0.2) is 23.1 Å². The van der Waals surface area contributed by atoms with Crippen LogP contribution in [0, 0.1) is 12.8 Å². The molecule has 0 radical (unpaired) electrons. The molecule has 0 amide bonds. The zero-order valence-corrected chi connectivity index (χ0v) is 11.5. The Kier molecular flexibility index (Phi) is 4.59. The number of hydrogen-bond acceptors (Lipinski definition) is 2. The second kappa shape index (κ2) is 6.19. The summed E-state index contributed by atoms with van der Waals surface area (Å²) in [5.41, 5.74) is 1.18. The van der Waals surface area contributed by atoms with Crippen LogP contribution in [0.25, 0.3) is 0 Å². The third kappa shape index (κ3) is 3.22. The summed E-state index contributed by atoms with van der Waals surface area (Å²) in [5, 5.41) is 3.57. The monoisotopic (exact) mass is 248 g/mol. The molecule has 1 heterocycles. The first kappa shape index (κ1) is 13.3. The first-order valence-electron chi connectivity index (χ1n) is 7.11.